The van der Waals surface area contributed by atoms with Gasteiger partial charge in [0.2, 0.25) is 0 Å². The third-order valence-corrected chi connectivity index (χ3v) is 2.71. The number of rotatable bonds is 5. The first-order valence-electron chi connectivity index (χ1n) is 6.03. The van der Waals surface area contributed by atoms with Crippen LogP contribution in [0.1, 0.15) is 25.4 Å². The molecule has 0 fully saturated rings. The van der Waals surface area contributed by atoms with Crippen LogP contribution in [0.3, 0.4) is 0 Å². The van der Waals surface area contributed by atoms with E-state index in [1.165, 1.54) is 6.33 Å². The molecule has 1 N–H and O–H groups in total. The number of hydrogen-bond donors (Lipinski definition) is 1. The average Bonchev–Trinajstić information content (AvgIpc) is 2.83. The fourth-order valence-corrected chi connectivity index (χ4v) is 1.82. The zero-order valence-electron chi connectivity index (χ0n) is 11.0. The van der Waals surface area contributed by atoms with Crippen molar-refractivity contribution in [1.82, 2.24) is 24.5 Å². The van der Waals surface area contributed by atoms with Crippen LogP contribution in [0.15, 0.2) is 18.6 Å². The summed E-state index contributed by atoms with van der Waals surface area (Å²) < 4.78 is 3.68. The van der Waals surface area contributed by atoms with Gasteiger partial charge < -0.3 is 5.11 Å². The molecule has 0 radical (unpaired) electrons. The van der Waals surface area contributed by atoms with Crippen LogP contribution in [0.2, 0.25) is 0 Å². The lowest BCUT2D eigenvalue weighted by Gasteiger charge is -2.18. The van der Waals surface area contributed by atoms with Crippen LogP contribution in [-0.4, -0.2) is 35.3 Å². The van der Waals surface area contributed by atoms with Gasteiger partial charge in [-0.3, -0.25) is 4.68 Å². The van der Waals surface area contributed by atoms with Crippen molar-refractivity contribution >= 4 is 0 Å². The molecule has 0 aliphatic carbocycles. The van der Waals surface area contributed by atoms with E-state index in [0.29, 0.717) is 6.54 Å². The van der Waals surface area contributed by atoms with Crippen LogP contribution >= 0.6 is 0 Å². The molecule has 18 heavy (non-hydrogen) atoms. The molecule has 0 aliphatic rings. The molecule has 0 saturated carbocycles. The van der Waals surface area contributed by atoms with Crippen LogP contribution < -0.4 is 0 Å². The van der Waals surface area contributed by atoms with Crippen molar-refractivity contribution in [3.8, 4) is 0 Å². The molecular weight excluding hydrogens is 230 g/mol. The number of aliphatic hydroxyl groups is 1. The number of nitrogens with zero attached hydrogens (tertiary/aromatic N) is 5. The molecule has 2 aromatic heterocycles. The Labute approximate surface area is 106 Å². The van der Waals surface area contributed by atoms with Gasteiger partial charge >= 0.3 is 0 Å². The number of aromatic nitrogens is 5. The van der Waals surface area contributed by atoms with Gasteiger partial charge in [0.15, 0.2) is 0 Å². The number of aryl methyl sites for hydroxylation is 3. The lowest BCUT2D eigenvalue weighted by Crippen LogP contribution is -2.28. The van der Waals surface area contributed by atoms with Gasteiger partial charge in [-0.1, -0.05) is 0 Å². The Morgan fingerprint density at radius 2 is 2.06 bits per heavy atom. The minimum atomic E-state index is -0.788. The molecule has 2 heterocycles. The van der Waals surface area contributed by atoms with Gasteiger partial charge in [-0.15, -0.1) is 0 Å². The van der Waals surface area contributed by atoms with E-state index in [4.69, 9.17) is 0 Å². The Hall–Kier alpha value is -1.69. The predicted molar refractivity (Wildman–Crippen MR) is 67.0 cm³/mol. The molecule has 6 heteroatoms. The Morgan fingerprint density at radius 3 is 2.67 bits per heavy atom. The molecule has 0 saturated heterocycles. The highest BCUT2D eigenvalue weighted by Crippen LogP contribution is 2.07. The van der Waals surface area contributed by atoms with E-state index in [1.54, 1.807) is 24.7 Å². The smallest absolute Gasteiger partial charge is 0.138 e. The molecule has 0 aliphatic heterocycles. The van der Waals surface area contributed by atoms with Gasteiger partial charge in [0.25, 0.3) is 0 Å². The molecule has 0 aromatic carbocycles. The molecule has 2 aromatic rings. The van der Waals surface area contributed by atoms with E-state index in [-0.39, 0.29) is 0 Å². The van der Waals surface area contributed by atoms with Gasteiger partial charge in [0.1, 0.15) is 12.2 Å². The summed E-state index contributed by atoms with van der Waals surface area (Å²) in [5, 5.41) is 18.2. The van der Waals surface area contributed by atoms with E-state index in [1.807, 2.05) is 17.7 Å². The molecule has 98 valence electrons. The zero-order chi connectivity index (χ0) is 13.2. The average molecular weight is 249 g/mol. The topological polar surface area (TPSA) is 68.8 Å². The SMILES string of the molecule is Cc1ccnn1CCc1ncnn1CC(C)(C)O. The summed E-state index contributed by atoms with van der Waals surface area (Å²) in [4.78, 5) is 4.23. The van der Waals surface area contributed by atoms with Gasteiger partial charge in [0.05, 0.1) is 12.1 Å². The van der Waals surface area contributed by atoms with E-state index in [2.05, 4.69) is 15.2 Å². The maximum absolute atomic E-state index is 9.80. The Bertz CT molecular complexity index is 509. The molecule has 0 amide bonds. The maximum atomic E-state index is 9.80. The van der Waals surface area contributed by atoms with E-state index >= 15 is 0 Å². The highest BCUT2D eigenvalue weighted by atomic mass is 16.3. The first-order valence-corrected chi connectivity index (χ1v) is 6.03. The summed E-state index contributed by atoms with van der Waals surface area (Å²) in [6, 6.07) is 1.97. The summed E-state index contributed by atoms with van der Waals surface area (Å²) in [6.07, 6.45) is 4.06. The van der Waals surface area contributed by atoms with Crippen molar-refractivity contribution in [2.45, 2.75) is 45.9 Å². The summed E-state index contributed by atoms with van der Waals surface area (Å²) in [7, 11) is 0. The molecule has 2 rings (SSSR count). The second-order valence-corrected chi connectivity index (χ2v) is 5.09. The molecular formula is C12H19N5O. The Kier molecular flexibility index (Phi) is 3.47. The van der Waals surface area contributed by atoms with Crippen molar-refractivity contribution < 1.29 is 5.11 Å². The largest absolute Gasteiger partial charge is 0.389 e. The summed E-state index contributed by atoms with van der Waals surface area (Å²) >= 11 is 0. The van der Waals surface area contributed by atoms with Crippen molar-refractivity contribution in [1.29, 1.82) is 0 Å². The highest BCUT2D eigenvalue weighted by Gasteiger charge is 2.16. The van der Waals surface area contributed by atoms with Gasteiger partial charge in [0, 0.05) is 24.9 Å². The van der Waals surface area contributed by atoms with Gasteiger partial charge in [-0.2, -0.15) is 10.2 Å². The van der Waals surface area contributed by atoms with Crippen molar-refractivity contribution in [2.75, 3.05) is 0 Å². The van der Waals surface area contributed by atoms with Crippen LogP contribution in [0.4, 0.5) is 0 Å². The van der Waals surface area contributed by atoms with Gasteiger partial charge in [-0.05, 0) is 26.8 Å². The van der Waals surface area contributed by atoms with Crippen LogP contribution in [0.5, 0.6) is 0 Å². The Morgan fingerprint density at radius 1 is 1.28 bits per heavy atom. The maximum Gasteiger partial charge on any atom is 0.138 e. The van der Waals surface area contributed by atoms with Gasteiger partial charge in [-0.25, -0.2) is 9.67 Å². The minimum Gasteiger partial charge on any atom is -0.389 e. The molecule has 6 nitrogen and oxygen atoms in total. The fourth-order valence-electron chi connectivity index (χ4n) is 1.82. The molecule has 0 unspecified atom stereocenters. The summed E-state index contributed by atoms with van der Waals surface area (Å²) in [5.74, 6) is 0.868. The third-order valence-electron chi connectivity index (χ3n) is 2.71. The first kappa shape index (κ1) is 12.8. The monoisotopic (exact) mass is 249 g/mol. The molecule has 0 bridgehead atoms. The van der Waals surface area contributed by atoms with E-state index in [0.717, 1.165) is 24.5 Å². The second-order valence-electron chi connectivity index (χ2n) is 5.09. The first-order chi connectivity index (χ1) is 8.46. The summed E-state index contributed by atoms with van der Waals surface area (Å²) in [5.41, 5.74) is 0.341. The molecule has 0 atom stereocenters. The minimum absolute atomic E-state index is 0.445. The van der Waals surface area contributed by atoms with E-state index < -0.39 is 5.60 Å². The molecule has 0 spiro atoms. The predicted octanol–water partition coefficient (Wildman–Crippen LogP) is 0.797. The van der Waals surface area contributed by atoms with E-state index in [9.17, 15) is 5.11 Å². The Balaban J connectivity index is 2.02. The summed E-state index contributed by atoms with van der Waals surface area (Å²) in [6.45, 7) is 6.75. The fraction of sp³-hybridized carbons (Fsp3) is 0.583. The zero-order valence-corrected chi connectivity index (χ0v) is 11.0. The van der Waals surface area contributed by atoms with Crippen molar-refractivity contribution in [2.24, 2.45) is 0 Å². The van der Waals surface area contributed by atoms with Crippen LogP contribution in [-0.2, 0) is 19.5 Å². The lowest BCUT2D eigenvalue weighted by atomic mass is 10.1. The van der Waals surface area contributed by atoms with Crippen LogP contribution in [0, 0.1) is 6.92 Å². The highest BCUT2D eigenvalue weighted by molar-refractivity contribution is 4.97. The second kappa shape index (κ2) is 4.89. The van der Waals surface area contributed by atoms with Crippen LogP contribution in [0.25, 0.3) is 0 Å². The third kappa shape index (κ3) is 3.16. The number of hydrogen-bond acceptors (Lipinski definition) is 4. The lowest BCUT2D eigenvalue weighted by molar-refractivity contribution is 0.0565. The quantitative estimate of drug-likeness (QED) is 0.851. The van der Waals surface area contributed by atoms with Crippen molar-refractivity contribution in [3.63, 3.8) is 0 Å². The standard InChI is InChI=1S/C12H19N5O/c1-10-4-6-14-16(10)7-5-11-13-9-15-17(11)8-12(2,3)18/h4,6,9,18H,5,7-8H2,1-3H3. The normalized spacial score (nSPS) is 12.0. The van der Waals surface area contributed by atoms with Crippen molar-refractivity contribution in [3.05, 3.63) is 30.1 Å².